The largest absolute Gasteiger partial charge is 0.0901 e. The van der Waals surface area contributed by atoms with Gasteiger partial charge in [-0.25, -0.2) is 0 Å². The lowest BCUT2D eigenvalue weighted by Gasteiger charge is -2.08. The number of hydrogen-bond acceptors (Lipinski definition) is 1. The zero-order chi connectivity index (χ0) is 15.8. The third kappa shape index (κ3) is 2.82. The molecular formula is C22H20S. The molecule has 0 saturated carbocycles. The molecule has 0 atom stereocenters. The van der Waals surface area contributed by atoms with E-state index in [1.165, 1.54) is 37.6 Å². The molecule has 1 aliphatic rings. The van der Waals surface area contributed by atoms with Crippen molar-refractivity contribution in [3.05, 3.63) is 83.4 Å². The van der Waals surface area contributed by atoms with Crippen molar-refractivity contribution < 1.29 is 0 Å². The van der Waals surface area contributed by atoms with Gasteiger partial charge in [0.2, 0.25) is 0 Å². The summed E-state index contributed by atoms with van der Waals surface area (Å²) in [4.78, 5) is 2.64. The van der Waals surface area contributed by atoms with Crippen LogP contribution in [-0.2, 0) is 6.42 Å². The Labute approximate surface area is 142 Å². The molecule has 0 radical (unpaired) electrons. The van der Waals surface area contributed by atoms with Crippen molar-refractivity contribution in [3.8, 4) is 11.1 Å². The second-order valence-electron chi connectivity index (χ2n) is 6.48. The molecule has 0 bridgehead atoms. The van der Waals surface area contributed by atoms with Gasteiger partial charge in [-0.3, -0.25) is 0 Å². The Balaban J connectivity index is 1.59. The van der Waals surface area contributed by atoms with Crippen LogP contribution in [0.1, 0.15) is 36.5 Å². The van der Waals surface area contributed by atoms with Crippen molar-refractivity contribution in [2.45, 2.75) is 36.0 Å². The van der Waals surface area contributed by atoms with Gasteiger partial charge in [0.1, 0.15) is 0 Å². The van der Waals surface area contributed by atoms with Crippen molar-refractivity contribution in [3.63, 3.8) is 0 Å². The van der Waals surface area contributed by atoms with Crippen LogP contribution in [0.15, 0.2) is 76.5 Å². The maximum atomic E-state index is 2.36. The highest BCUT2D eigenvalue weighted by Crippen LogP contribution is 2.39. The summed E-state index contributed by atoms with van der Waals surface area (Å²) in [6.45, 7) is 4.47. The lowest BCUT2D eigenvalue weighted by atomic mass is 10.0. The molecule has 23 heavy (non-hydrogen) atoms. The van der Waals surface area contributed by atoms with E-state index < -0.39 is 0 Å². The summed E-state index contributed by atoms with van der Waals surface area (Å²) in [5, 5.41) is 0. The number of benzene rings is 3. The predicted octanol–water partition coefficient (Wildman–Crippen LogP) is 6.53. The minimum atomic E-state index is 0.590. The summed E-state index contributed by atoms with van der Waals surface area (Å²) >= 11 is 1.85. The van der Waals surface area contributed by atoms with Crippen molar-refractivity contribution in [1.29, 1.82) is 0 Å². The third-order valence-electron chi connectivity index (χ3n) is 4.55. The van der Waals surface area contributed by atoms with Crippen LogP contribution in [-0.4, -0.2) is 0 Å². The molecule has 0 heterocycles. The second-order valence-corrected chi connectivity index (χ2v) is 7.63. The molecule has 0 unspecified atom stereocenters. The van der Waals surface area contributed by atoms with Crippen LogP contribution >= 0.6 is 11.8 Å². The van der Waals surface area contributed by atoms with Crippen LogP contribution in [0.2, 0.25) is 0 Å². The van der Waals surface area contributed by atoms with Crippen LogP contribution in [0.4, 0.5) is 0 Å². The van der Waals surface area contributed by atoms with Gasteiger partial charge >= 0.3 is 0 Å². The molecular weight excluding hydrogens is 296 g/mol. The quantitative estimate of drug-likeness (QED) is 0.414. The molecule has 0 fully saturated rings. The van der Waals surface area contributed by atoms with Crippen molar-refractivity contribution in [2.75, 3.05) is 0 Å². The van der Waals surface area contributed by atoms with Crippen LogP contribution in [0.3, 0.4) is 0 Å². The van der Waals surface area contributed by atoms with Crippen LogP contribution < -0.4 is 0 Å². The summed E-state index contributed by atoms with van der Waals surface area (Å²) in [6, 6.07) is 24.6. The van der Waals surface area contributed by atoms with E-state index in [4.69, 9.17) is 0 Å². The average molecular weight is 316 g/mol. The minimum absolute atomic E-state index is 0.590. The molecule has 1 heteroatoms. The van der Waals surface area contributed by atoms with Gasteiger partial charge in [-0.1, -0.05) is 68.1 Å². The van der Waals surface area contributed by atoms with E-state index in [9.17, 15) is 0 Å². The van der Waals surface area contributed by atoms with Crippen LogP contribution in [0, 0.1) is 0 Å². The highest BCUT2D eigenvalue weighted by molar-refractivity contribution is 7.99. The van der Waals surface area contributed by atoms with Crippen LogP contribution in [0.25, 0.3) is 11.1 Å². The Morgan fingerprint density at radius 3 is 2.22 bits per heavy atom. The van der Waals surface area contributed by atoms with Gasteiger partial charge < -0.3 is 0 Å². The van der Waals surface area contributed by atoms with Crippen molar-refractivity contribution in [2.24, 2.45) is 0 Å². The molecule has 0 nitrogen and oxygen atoms in total. The predicted molar refractivity (Wildman–Crippen MR) is 99.3 cm³/mol. The summed E-state index contributed by atoms with van der Waals surface area (Å²) in [6.07, 6.45) is 1.06. The Hall–Kier alpha value is -1.99. The van der Waals surface area contributed by atoms with Crippen LogP contribution in [0.5, 0.6) is 0 Å². The summed E-state index contributed by atoms with van der Waals surface area (Å²) in [7, 11) is 0. The molecule has 114 valence electrons. The second kappa shape index (κ2) is 5.90. The standard InChI is InChI=1S/C22H20S/c1-15(2)16-7-9-19(10-8-16)23-20-11-12-22-18(14-20)13-17-5-3-4-6-21(17)22/h3-12,14-15H,13H2,1-2H3. The zero-order valence-electron chi connectivity index (χ0n) is 13.5. The van der Waals surface area contributed by atoms with E-state index in [2.05, 4.69) is 80.6 Å². The summed E-state index contributed by atoms with van der Waals surface area (Å²) < 4.78 is 0. The first-order chi connectivity index (χ1) is 11.2. The Morgan fingerprint density at radius 2 is 1.43 bits per heavy atom. The number of rotatable bonds is 3. The lowest BCUT2D eigenvalue weighted by molar-refractivity contribution is 0.865. The fraction of sp³-hybridized carbons (Fsp3) is 0.182. The molecule has 3 aromatic carbocycles. The van der Waals surface area contributed by atoms with Gasteiger partial charge in [0.15, 0.2) is 0 Å². The Bertz CT molecular complexity index is 844. The first-order valence-corrected chi connectivity index (χ1v) is 9.01. The zero-order valence-corrected chi connectivity index (χ0v) is 14.4. The highest BCUT2D eigenvalue weighted by atomic mass is 32.2. The van der Waals surface area contributed by atoms with E-state index in [1.54, 1.807) is 0 Å². The van der Waals surface area contributed by atoms with Gasteiger partial charge in [-0.15, -0.1) is 0 Å². The normalized spacial score (nSPS) is 12.3. The van der Waals surface area contributed by atoms with Gasteiger partial charge in [-0.2, -0.15) is 0 Å². The maximum absolute atomic E-state index is 2.36. The van der Waals surface area contributed by atoms with E-state index in [0.717, 1.165) is 6.42 Å². The molecule has 0 N–H and O–H groups in total. The van der Waals surface area contributed by atoms with Gasteiger partial charge in [-0.05, 0) is 64.4 Å². The van der Waals surface area contributed by atoms with Gasteiger partial charge in [0, 0.05) is 9.79 Å². The van der Waals surface area contributed by atoms with E-state index in [0.29, 0.717) is 5.92 Å². The van der Waals surface area contributed by atoms with Crippen molar-refractivity contribution >= 4 is 11.8 Å². The number of fused-ring (bicyclic) bond motifs is 3. The molecule has 0 spiro atoms. The maximum Gasteiger partial charge on any atom is 0.0125 e. The van der Waals surface area contributed by atoms with E-state index >= 15 is 0 Å². The van der Waals surface area contributed by atoms with Gasteiger partial charge in [0.25, 0.3) is 0 Å². The molecule has 0 amide bonds. The fourth-order valence-electron chi connectivity index (χ4n) is 3.24. The molecule has 0 saturated heterocycles. The minimum Gasteiger partial charge on any atom is -0.0901 e. The monoisotopic (exact) mass is 316 g/mol. The lowest BCUT2D eigenvalue weighted by Crippen LogP contribution is -1.86. The van der Waals surface area contributed by atoms with Crippen molar-refractivity contribution in [1.82, 2.24) is 0 Å². The molecule has 0 aromatic heterocycles. The number of hydrogen-bond donors (Lipinski definition) is 0. The Morgan fingerprint density at radius 1 is 0.739 bits per heavy atom. The van der Waals surface area contributed by atoms with E-state index in [1.807, 2.05) is 11.8 Å². The average Bonchev–Trinajstić information content (AvgIpc) is 2.93. The third-order valence-corrected chi connectivity index (χ3v) is 5.55. The first kappa shape index (κ1) is 14.6. The molecule has 1 aliphatic carbocycles. The molecule has 0 aliphatic heterocycles. The van der Waals surface area contributed by atoms with E-state index in [-0.39, 0.29) is 0 Å². The smallest absolute Gasteiger partial charge is 0.0125 e. The Kier molecular flexibility index (Phi) is 3.74. The summed E-state index contributed by atoms with van der Waals surface area (Å²) in [5.41, 5.74) is 7.11. The summed E-state index contributed by atoms with van der Waals surface area (Å²) in [5.74, 6) is 0.590. The molecule has 4 rings (SSSR count). The first-order valence-electron chi connectivity index (χ1n) is 8.20. The topological polar surface area (TPSA) is 0 Å². The molecule has 3 aromatic rings. The SMILES string of the molecule is CC(C)c1ccc(Sc2ccc3c(c2)Cc2ccccc2-3)cc1. The highest BCUT2D eigenvalue weighted by Gasteiger charge is 2.17. The van der Waals surface area contributed by atoms with Gasteiger partial charge in [0.05, 0.1) is 0 Å². The fourth-order valence-corrected chi connectivity index (χ4v) is 4.12.